The van der Waals surface area contributed by atoms with Gasteiger partial charge in [-0.25, -0.2) is 9.78 Å². The Morgan fingerprint density at radius 1 is 1.18 bits per heavy atom. The number of likely N-dealkylation sites (tertiary alicyclic amines) is 1. The van der Waals surface area contributed by atoms with Gasteiger partial charge < -0.3 is 25.2 Å². The number of aliphatic hydroxyl groups is 1. The molecule has 1 aromatic carbocycles. The summed E-state index contributed by atoms with van der Waals surface area (Å²) in [6.07, 6.45) is 3.99. The number of methoxy groups -OCH3 is 1. The number of carboxylic acid groups (broad SMARTS) is 1. The van der Waals surface area contributed by atoms with Gasteiger partial charge in [-0.2, -0.15) is 0 Å². The van der Waals surface area contributed by atoms with Crippen molar-refractivity contribution in [3.63, 3.8) is 0 Å². The maximum atomic E-state index is 11.2. The van der Waals surface area contributed by atoms with Crippen molar-refractivity contribution in [2.75, 3.05) is 26.7 Å². The first-order valence-corrected chi connectivity index (χ1v) is 14.3. The molecule has 38 heavy (non-hydrogen) atoms. The highest BCUT2D eigenvalue weighted by atomic mass is 32.1. The van der Waals surface area contributed by atoms with Crippen molar-refractivity contribution < 1.29 is 19.7 Å². The van der Waals surface area contributed by atoms with E-state index in [-0.39, 0.29) is 0 Å². The normalized spacial score (nSPS) is 15.8. The van der Waals surface area contributed by atoms with Crippen LogP contribution in [0.5, 0.6) is 5.88 Å². The Kier molecular flexibility index (Phi) is 8.51. The standard InChI is InChI=1S/C29H31N3O4S2/c1-36-27-10-8-22-19(5-11-28(34)35)4-7-23(29(22)31-27)24(33)18-32-14-12-20(13-15-32)30-17-21-6-9-26(38-21)25-3-2-16-37-25/h2-11,16,20,24,30,33H,12-15,17-18H2,1H3,(H,34,35)/b11-5+. The van der Waals surface area contributed by atoms with Crippen LogP contribution >= 0.6 is 22.7 Å². The average molecular weight is 550 g/mol. The van der Waals surface area contributed by atoms with Crippen LogP contribution in [0.15, 0.2) is 60.0 Å². The van der Waals surface area contributed by atoms with Crippen molar-refractivity contribution in [2.45, 2.75) is 31.5 Å². The highest BCUT2D eigenvalue weighted by Crippen LogP contribution is 2.32. The zero-order valence-electron chi connectivity index (χ0n) is 21.2. The largest absolute Gasteiger partial charge is 0.481 e. The number of fused-ring (bicyclic) bond motifs is 1. The van der Waals surface area contributed by atoms with Crippen molar-refractivity contribution in [3.8, 4) is 15.6 Å². The third kappa shape index (κ3) is 6.31. The molecule has 0 amide bonds. The summed E-state index contributed by atoms with van der Waals surface area (Å²) in [5.74, 6) is -0.564. The highest BCUT2D eigenvalue weighted by molar-refractivity contribution is 7.21. The van der Waals surface area contributed by atoms with Crippen LogP contribution < -0.4 is 10.1 Å². The summed E-state index contributed by atoms with van der Waals surface area (Å²) in [5, 5.41) is 26.8. The summed E-state index contributed by atoms with van der Waals surface area (Å²) in [6.45, 7) is 3.22. The Labute approximate surface area is 230 Å². The van der Waals surface area contributed by atoms with E-state index in [1.54, 1.807) is 30.6 Å². The second-order valence-electron chi connectivity index (χ2n) is 9.38. The Hall–Kier alpha value is -3.08. The number of ether oxygens (including phenoxy) is 1. The van der Waals surface area contributed by atoms with Gasteiger partial charge in [0, 0.05) is 56.9 Å². The third-order valence-corrected chi connectivity index (χ3v) is 9.03. The van der Waals surface area contributed by atoms with Crippen LogP contribution in [-0.4, -0.2) is 58.9 Å². The van der Waals surface area contributed by atoms with Gasteiger partial charge in [-0.15, -0.1) is 22.7 Å². The van der Waals surface area contributed by atoms with E-state index in [1.165, 1.54) is 14.6 Å². The molecule has 9 heteroatoms. The van der Waals surface area contributed by atoms with Crippen molar-refractivity contribution in [3.05, 3.63) is 76.0 Å². The van der Waals surface area contributed by atoms with Gasteiger partial charge in [-0.1, -0.05) is 18.2 Å². The molecule has 0 bridgehead atoms. The fourth-order valence-corrected chi connectivity index (χ4v) is 6.66. The fraction of sp³-hybridized carbons (Fsp3) is 0.310. The summed E-state index contributed by atoms with van der Waals surface area (Å²) in [5.41, 5.74) is 2.07. The van der Waals surface area contributed by atoms with Gasteiger partial charge in [0.05, 0.1) is 18.7 Å². The molecule has 0 saturated carbocycles. The Bertz CT molecular complexity index is 1410. The van der Waals surface area contributed by atoms with E-state index < -0.39 is 12.1 Å². The van der Waals surface area contributed by atoms with E-state index in [9.17, 15) is 9.90 Å². The van der Waals surface area contributed by atoms with E-state index in [2.05, 4.69) is 44.8 Å². The molecule has 4 heterocycles. The first-order chi connectivity index (χ1) is 18.5. The first-order valence-electron chi connectivity index (χ1n) is 12.6. The van der Waals surface area contributed by atoms with Gasteiger partial charge in [0.1, 0.15) is 0 Å². The van der Waals surface area contributed by atoms with Crippen molar-refractivity contribution in [1.82, 2.24) is 15.2 Å². The van der Waals surface area contributed by atoms with Crippen molar-refractivity contribution in [1.29, 1.82) is 0 Å². The number of nitrogens with one attached hydrogen (secondary N) is 1. The van der Waals surface area contributed by atoms with Crippen LogP contribution in [0, 0.1) is 0 Å². The molecule has 1 saturated heterocycles. The minimum Gasteiger partial charge on any atom is -0.481 e. The maximum absolute atomic E-state index is 11.2. The molecule has 198 valence electrons. The van der Waals surface area contributed by atoms with Gasteiger partial charge >= 0.3 is 5.97 Å². The quantitative estimate of drug-likeness (QED) is 0.228. The van der Waals surface area contributed by atoms with Crippen LogP contribution in [0.4, 0.5) is 0 Å². The Morgan fingerprint density at radius 2 is 2.03 bits per heavy atom. The van der Waals surface area contributed by atoms with Gasteiger partial charge in [0.25, 0.3) is 0 Å². The molecule has 4 aromatic rings. The molecule has 3 N–H and O–H groups in total. The SMILES string of the molecule is COc1ccc2c(/C=C/C(=O)O)ccc(C(O)CN3CCC(NCc4ccc(-c5cccs5)s4)CC3)c2n1. The molecule has 1 fully saturated rings. The zero-order chi connectivity index (χ0) is 26.5. The van der Waals surface area contributed by atoms with Crippen LogP contribution in [0.2, 0.25) is 0 Å². The number of aliphatic carboxylic acids is 1. The van der Waals surface area contributed by atoms with E-state index in [0.717, 1.165) is 49.5 Å². The number of aliphatic hydroxyl groups excluding tert-OH is 1. The molecule has 1 unspecified atom stereocenters. The topological polar surface area (TPSA) is 94.9 Å². The molecule has 7 nitrogen and oxygen atoms in total. The monoisotopic (exact) mass is 549 g/mol. The summed E-state index contributed by atoms with van der Waals surface area (Å²) in [7, 11) is 1.55. The zero-order valence-corrected chi connectivity index (χ0v) is 22.8. The van der Waals surface area contributed by atoms with E-state index in [1.807, 2.05) is 29.5 Å². The van der Waals surface area contributed by atoms with Gasteiger partial charge in [0.15, 0.2) is 0 Å². The number of thiophene rings is 2. The Balaban J connectivity index is 1.19. The molecule has 3 aromatic heterocycles. The smallest absolute Gasteiger partial charge is 0.328 e. The molecule has 1 aliphatic heterocycles. The lowest BCUT2D eigenvalue weighted by molar-refractivity contribution is -0.131. The highest BCUT2D eigenvalue weighted by Gasteiger charge is 2.23. The predicted molar refractivity (Wildman–Crippen MR) is 154 cm³/mol. The minimum atomic E-state index is -1.01. The summed E-state index contributed by atoms with van der Waals surface area (Å²) >= 11 is 3.63. The molecule has 1 aliphatic rings. The number of β-amino-alcohol motifs (C(OH)–C–C–N with tert-alkyl or cyclic N) is 1. The van der Waals surface area contributed by atoms with Gasteiger partial charge in [-0.05, 0) is 67.2 Å². The number of carbonyl (C=O) groups is 1. The molecule has 0 spiro atoms. The van der Waals surface area contributed by atoms with Crippen LogP contribution in [-0.2, 0) is 11.3 Å². The lowest BCUT2D eigenvalue weighted by Gasteiger charge is -2.33. The van der Waals surface area contributed by atoms with E-state index in [4.69, 9.17) is 9.84 Å². The number of piperidine rings is 1. The molecule has 5 rings (SSSR count). The summed E-state index contributed by atoms with van der Waals surface area (Å²) in [4.78, 5) is 21.9. The molecule has 0 radical (unpaired) electrons. The van der Waals surface area contributed by atoms with Gasteiger partial charge in [-0.3, -0.25) is 0 Å². The average Bonchev–Trinajstić information content (AvgIpc) is 3.63. The molecular formula is C29H31N3O4S2. The number of nitrogens with zero attached hydrogens (tertiary/aromatic N) is 2. The first kappa shape index (κ1) is 26.5. The third-order valence-electron chi connectivity index (χ3n) is 6.88. The second kappa shape index (κ2) is 12.2. The molecule has 1 atom stereocenters. The number of aromatic nitrogens is 1. The van der Waals surface area contributed by atoms with Gasteiger partial charge in [0.2, 0.25) is 5.88 Å². The number of benzene rings is 1. The fourth-order valence-electron chi connectivity index (χ4n) is 4.86. The number of pyridine rings is 1. The lowest BCUT2D eigenvalue weighted by atomic mass is 9.98. The van der Waals surface area contributed by atoms with Crippen molar-refractivity contribution >= 4 is 45.6 Å². The summed E-state index contributed by atoms with van der Waals surface area (Å²) in [6, 6.07) is 16.4. The number of hydrogen-bond acceptors (Lipinski definition) is 8. The van der Waals surface area contributed by atoms with E-state index >= 15 is 0 Å². The Morgan fingerprint density at radius 3 is 2.76 bits per heavy atom. The van der Waals surface area contributed by atoms with Crippen molar-refractivity contribution in [2.24, 2.45) is 0 Å². The minimum absolute atomic E-state index is 0.449. The lowest BCUT2D eigenvalue weighted by Crippen LogP contribution is -2.43. The predicted octanol–water partition coefficient (Wildman–Crippen LogP) is 5.42. The molecular weight excluding hydrogens is 518 g/mol. The van der Waals surface area contributed by atoms with Crippen LogP contribution in [0.1, 0.15) is 34.9 Å². The maximum Gasteiger partial charge on any atom is 0.328 e. The summed E-state index contributed by atoms with van der Waals surface area (Å²) < 4.78 is 5.31. The van der Waals surface area contributed by atoms with E-state index in [0.29, 0.717) is 29.5 Å². The second-order valence-corrected chi connectivity index (χ2v) is 11.5. The number of rotatable bonds is 10. The van der Waals surface area contributed by atoms with Crippen LogP contribution in [0.25, 0.3) is 26.7 Å². The number of carboxylic acids is 1. The molecule has 0 aliphatic carbocycles. The number of hydrogen-bond donors (Lipinski definition) is 3. The van der Waals surface area contributed by atoms with Crippen LogP contribution in [0.3, 0.4) is 0 Å².